The number of pyridine rings is 3. The standard InChI is InChI=1S/C33H32FN7O2S/c1-44(42,43)8-5-21-9-23(12-26(34)11-21)29-18-36-19-31-27(29)14-30(38-31)32-28-13-25(17-37-33(28)40-39-32)24-10-22(15-35-16-24)20-41-6-3-2-4-7-41/h9-19,38H,2-8,20H2,1H3,(H,37,39,40). The molecule has 11 heteroatoms. The third-order valence-electron chi connectivity index (χ3n) is 8.24. The number of hydrogen-bond donors (Lipinski definition) is 2. The van der Waals surface area contributed by atoms with Gasteiger partial charge < -0.3 is 4.98 Å². The highest BCUT2D eigenvalue weighted by molar-refractivity contribution is 7.90. The van der Waals surface area contributed by atoms with Gasteiger partial charge in [0.2, 0.25) is 0 Å². The molecule has 0 unspecified atom stereocenters. The van der Waals surface area contributed by atoms with Gasteiger partial charge in [-0.3, -0.25) is 20.0 Å². The quantitative estimate of drug-likeness (QED) is 0.219. The Balaban J connectivity index is 1.23. The number of H-pyrrole nitrogens is 2. The van der Waals surface area contributed by atoms with Crippen molar-refractivity contribution in [3.05, 3.63) is 84.3 Å². The Morgan fingerprint density at radius 1 is 0.841 bits per heavy atom. The summed E-state index contributed by atoms with van der Waals surface area (Å²) in [6.07, 6.45) is 14.3. The van der Waals surface area contributed by atoms with Crippen molar-refractivity contribution in [3.63, 3.8) is 0 Å². The summed E-state index contributed by atoms with van der Waals surface area (Å²) in [6, 6.07) is 10.9. The van der Waals surface area contributed by atoms with Crippen molar-refractivity contribution in [3.8, 4) is 33.6 Å². The van der Waals surface area contributed by atoms with Crippen LogP contribution < -0.4 is 0 Å². The van der Waals surface area contributed by atoms with E-state index in [0.29, 0.717) is 16.8 Å². The highest BCUT2D eigenvalue weighted by atomic mass is 32.2. The molecule has 0 bridgehead atoms. The van der Waals surface area contributed by atoms with Crippen LogP contribution in [0.5, 0.6) is 0 Å². The molecule has 6 aromatic rings. The van der Waals surface area contributed by atoms with E-state index >= 15 is 0 Å². The lowest BCUT2D eigenvalue weighted by Gasteiger charge is -2.26. The number of aryl methyl sites for hydroxylation is 1. The normalized spacial score (nSPS) is 14.5. The van der Waals surface area contributed by atoms with Gasteiger partial charge in [0.25, 0.3) is 0 Å². The Morgan fingerprint density at radius 2 is 1.64 bits per heavy atom. The van der Waals surface area contributed by atoms with E-state index < -0.39 is 15.7 Å². The first-order valence-corrected chi connectivity index (χ1v) is 16.8. The van der Waals surface area contributed by atoms with E-state index in [1.807, 2.05) is 30.7 Å². The van der Waals surface area contributed by atoms with Crippen molar-refractivity contribution in [1.29, 1.82) is 0 Å². The van der Waals surface area contributed by atoms with E-state index in [2.05, 4.69) is 47.2 Å². The summed E-state index contributed by atoms with van der Waals surface area (Å²) in [7, 11) is -3.18. The molecule has 5 aromatic heterocycles. The number of fused-ring (bicyclic) bond motifs is 2. The number of rotatable bonds is 8. The van der Waals surface area contributed by atoms with Gasteiger partial charge in [0.1, 0.15) is 15.7 Å². The predicted molar refractivity (Wildman–Crippen MR) is 170 cm³/mol. The van der Waals surface area contributed by atoms with Gasteiger partial charge in [0.05, 0.1) is 28.9 Å². The van der Waals surface area contributed by atoms with Gasteiger partial charge in [-0.05, 0) is 79.4 Å². The fourth-order valence-electron chi connectivity index (χ4n) is 6.04. The monoisotopic (exact) mass is 609 g/mol. The van der Waals surface area contributed by atoms with Gasteiger partial charge in [0.15, 0.2) is 5.65 Å². The Labute approximate surface area is 254 Å². The SMILES string of the molecule is CS(=O)(=O)CCc1cc(F)cc(-c2cncc3[nH]c(-c4[nH]nc5ncc(-c6cncc(CN7CCCCC7)c6)cc45)cc23)c1. The molecule has 1 aromatic carbocycles. The van der Waals surface area contributed by atoms with Gasteiger partial charge in [-0.2, -0.15) is 5.10 Å². The molecule has 0 aliphatic carbocycles. The largest absolute Gasteiger partial charge is 0.352 e. The van der Waals surface area contributed by atoms with E-state index in [9.17, 15) is 12.8 Å². The minimum absolute atomic E-state index is 0.0473. The topological polar surface area (TPSA) is 121 Å². The number of sulfone groups is 1. The molecule has 6 heterocycles. The maximum atomic E-state index is 14.7. The molecule has 0 radical (unpaired) electrons. The third-order valence-corrected chi connectivity index (χ3v) is 9.18. The zero-order valence-corrected chi connectivity index (χ0v) is 25.2. The lowest BCUT2D eigenvalue weighted by molar-refractivity contribution is 0.220. The Bertz CT molecular complexity index is 2100. The maximum absolute atomic E-state index is 14.7. The molecule has 224 valence electrons. The third kappa shape index (κ3) is 5.97. The van der Waals surface area contributed by atoms with Crippen molar-refractivity contribution in [1.82, 2.24) is 35.0 Å². The van der Waals surface area contributed by atoms with Crippen LogP contribution in [-0.4, -0.2) is 68.5 Å². The van der Waals surface area contributed by atoms with Crippen LogP contribution in [0.3, 0.4) is 0 Å². The van der Waals surface area contributed by atoms with E-state index in [0.717, 1.165) is 64.0 Å². The Hall–Kier alpha value is -4.48. The van der Waals surface area contributed by atoms with Crippen molar-refractivity contribution in [2.24, 2.45) is 0 Å². The fraction of sp³-hybridized carbons (Fsp3) is 0.273. The molecule has 44 heavy (non-hydrogen) atoms. The molecule has 0 atom stereocenters. The molecule has 7 rings (SSSR count). The van der Waals surface area contributed by atoms with Crippen molar-refractivity contribution in [2.45, 2.75) is 32.2 Å². The zero-order valence-electron chi connectivity index (χ0n) is 24.3. The number of aromatic nitrogens is 6. The second-order valence-electron chi connectivity index (χ2n) is 11.7. The van der Waals surface area contributed by atoms with E-state index in [-0.39, 0.29) is 12.2 Å². The summed E-state index contributed by atoms with van der Waals surface area (Å²) in [5, 5.41) is 9.30. The first kappa shape index (κ1) is 28.3. The molecule has 1 saturated heterocycles. The van der Waals surface area contributed by atoms with Crippen LogP contribution in [0.15, 0.2) is 67.4 Å². The summed E-state index contributed by atoms with van der Waals surface area (Å²) < 4.78 is 38.0. The minimum Gasteiger partial charge on any atom is -0.352 e. The van der Waals surface area contributed by atoms with Gasteiger partial charge in [-0.1, -0.05) is 12.5 Å². The number of halogens is 1. The van der Waals surface area contributed by atoms with Crippen molar-refractivity contribution in [2.75, 3.05) is 25.1 Å². The highest BCUT2D eigenvalue weighted by Gasteiger charge is 2.17. The molecular formula is C33H32FN7O2S. The summed E-state index contributed by atoms with van der Waals surface area (Å²) in [5.74, 6) is -0.472. The summed E-state index contributed by atoms with van der Waals surface area (Å²) >= 11 is 0. The molecule has 0 spiro atoms. The van der Waals surface area contributed by atoms with Crippen LogP contribution >= 0.6 is 0 Å². The highest BCUT2D eigenvalue weighted by Crippen LogP contribution is 2.35. The lowest BCUT2D eigenvalue weighted by Crippen LogP contribution is -2.29. The van der Waals surface area contributed by atoms with Crippen LogP contribution in [-0.2, 0) is 22.8 Å². The average molecular weight is 610 g/mol. The second kappa shape index (κ2) is 11.5. The van der Waals surface area contributed by atoms with E-state index in [4.69, 9.17) is 0 Å². The Kier molecular flexibility index (Phi) is 7.43. The number of piperidine rings is 1. The predicted octanol–water partition coefficient (Wildman–Crippen LogP) is 5.94. The molecule has 1 aliphatic heterocycles. The summed E-state index contributed by atoms with van der Waals surface area (Å²) in [6.45, 7) is 3.15. The van der Waals surface area contributed by atoms with Gasteiger partial charge in [-0.25, -0.2) is 17.8 Å². The maximum Gasteiger partial charge on any atom is 0.181 e. The second-order valence-corrected chi connectivity index (χ2v) is 13.9. The smallest absolute Gasteiger partial charge is 0.181 e. The van der Waals surface area contributed by atoms with Crippen LogP contribution in [0.2, 0.25) is 0 Å². The first-order valence-electron chi connectivity index (χ1n) is 14.7. The molecule has 2 N–H and O–H groups in total. The van der Waals surface area contributed by atoms with E-state index in [1.165, 1.54) is 43.2 Å². The van der Waals surface area contributed by atoms with Crippen LogP contribution in [0, 0.1) is 5.82 Å². The zero-order chi connectivity index (χ0) is 30.3. The van der Waals surface area contributed by atoms with Crippen LogP contribution in [0.25, 0.3) is 55.6 Å². The fourth-order valence-corrected chi connectivity index (χ4v) is 6.65. The molecule has 1 aliphatic rings. The minimum atomic E-state index is -3.18. The van der Waals surface area contributed by atoms with Crippen LogP contribution in [0.1, 0.15) is 30.4 Å². The number of likely N-dealkylation sites (tertiary alicyclic amines) is 1. The molecule has 9 nitrogen and oxygen atoms in total. The lowest BCUT2D eigenvalue weighted by atomic mass is 10.0. The van der Waals surface area contributed by atoms with E-state index in [1.54, 1.807) is 12.4 Å². The number of benzene rings is 1. The van der Waals surface area contributed by atoms with Gasteiger partial charge in [0, 0.05) is 65.1 Å². The first-order chi connectivity index (χ1) is 21.3. The summed E-state index contributed by atoms with van der Waals surface area (Å²) in [4.78, 5) is 19.5. The molecule has 0 amide bonds. The van der Waals surface area contributed by atoms with Crippen LogP contribution in [0.4, 0.5) is 4.39 Å². The van der Waals surface area contributed by atoms with Gasteiger partial charge >= 0.3 is 0 Å². The molecule has 0 saturated carbocycles. The van der Waals surface area contributed by atoms with Gasteiger partial charge in [-0.15, -0.1) is 0 Å². The molecule has 1 fully saturated rings. The molecular weight excluding hydrogens is 577 g/mol. The van der Waals surface area contributed by atoms with Crippen molar-refractivity contribution < 1.29 is 12.8 Å². The number of aromatic amines is 2. The average Bonchev–Trinajstić information content (AvgIpc) is 3.64. The van der Waals surface area contributed by atoms with Crippen molar-refractivity contribution >= 4 is 31.8 Å². The number of nitrogens with one attached hydrogen (secondary N) is 2. The number of hydrogen-bond acceptors (Lipinski definition) is 7. The number of nitrogens with zero attached hydrogens (tertiary/aromatic N) is 5. The summed E-state index contributed by atoms with van der Waals surface area (Å²) in [5.41, 5.74) is 8.07. The Morgan fingerprint density at radius 3 is 2.48 bits per heavy atom.